The monoisotopic (exact) mass is 447 g/mol. The maximum absolute atomic E-state index is 13.4. The van der Waals surface area contributed by atoms with Crippen LogP contribution in [0.2, 0.25) is 5.02 Å². The van der Waals surface area contributed by atoms with Crippen LogP contribution in [0.5, 0.6) is 11.5 Å². The van der Waals surface area contributed by atoms with Crippen LogP contribution >= 0.6 is 11.6 Å². The summed E-state index contributed by atoms with van der Waals surface area (Å²) in [6.45, 7) is 4.44. The molecule has 0 heterocycles. The number of para-hydroxylation sites is 1. The molecule has 0 N–H and O–H groups in total. The number of alkyl halides is 3. The van der Waals surface area contributed by atoms with Crippen molar-refractivity contribution in [2.75, 3.05) is 20.6 Å². The molecule has 158 valence electrons. The van der Waals surface area contributed by atoms with E-state index in [0.717, 1.165) is 19.7 Å². The van der Waals surface area contributed by atoms with Crippen molar-refractivity contribution >= 4 is 33.4 Å². The molecule has 1 unspecified atom stereocenters. The van der Waals surface area contributed by atoms with Gasteiger partial charge >= 0.3 is 5.51 Å². The van der Waals surface area contributed by atoms with Crippen molar-refractivity contribution < 1.29 is 22.1 Å². The summed E-state index contributed by atoms with van der Waals surface area (Å²) in [4.78, 5) is 5.60. The van der Waals surface area contributed by atoms with Gasteiger partial charge in [-0.1, -0.05) is 23.7 Å². The van der Waals surface area contributed by atoms with Crippen molar-refractivity contribution in [3.63, 3.8) is 0 Å². The van der Waals surface area contributed by atoms with Gasteiger partial charge in [-0.15, -0.1) is 0 Å². The predicted octanol–water partition coefficient (Wildman–Crippen LogP) is 6.03. The number of ether oxygens (including phenoxy) is 1. The van der Waals surface area contributed by atoms with Crippen molar-refractivity contribution in [2.24, 2.45) is 9.36 Å². The molecule has 2 aromatic carbocycles. The molecule has 0 spiro atoms. The van der Waals surface area contributed by atoms with Gasteiger partial charge < -0.3 is 9.64 Å². The van der Waals surface area contributed by atoms with E-state index in [-0.39, 0.29) is 16.5 Å². The number of aryl methyl sites for hydroxylation is 1. The minimum atomic E-state index is -5.04. The van der Waals surface area contributed by atoms with Crippen LogP contribution in [0.4, 0.5) is 18.9 Å². The normalized spacial score (nSPS) is 13.9. The van der Waals surface area contributed by atoms with Gasteiger partial charge in [0, 0.05) is 26.7 Å². The standard InChI is InChI=1S/C19H21ClF3N3O2S/c1-5-26(4)12-25-15-10-13(2)17(11-14(15)20)28-16-8-6-7-9-18(16)29(27,24-3)19(21,22)23/h6-12H,5H2,1-4H3/b25-12-. The second-order valence-electron chi connectivity index (χ2n) is 6.09. The highest BCUT2D eigenvalue weighted by Crippen LogP contribution is 2.40. The quantitative estimate of drug-likeness (QED) is 0.401. The van der Waals surface area contributed by atoms with E-state index in [1.165, 1.54) is 24.3 Å². The fourth-order valence-corrected chi connectivity index (χ4v) is 3.81. The molecule has 29 heavy (non-hydrogen) atoms. The van der Waals surface area contributed by atoms with Gasteiger partial charge in [0.1, 0.15) is 11.5 Å². The molecule has 0 aliphatic rings. The lowest BCUT2D eigenvalue weighted by molar-refractivity contribution is -0.0404. The van der Waals surface area contributed by atoms with Crippen LogP contribution in [-0.4, -0.2) is 41.6 Å². The van der Waals surface area contributed by atoms with Crippen LogP contribution in [0.1, 0.15) is 12.5 Å². The maximum atomic E-state index is 13.4. The minimum absolute atomic E-state index is 0.207. The highest BCUT2D eigenvalue weighted by molar-refractivity contribution is 7.94. The first kappa shape index (κ1) is 23.0. The highest BCUT2D eigenvalue weighted by atomic mass is 35.5. The van der Waals surface area contributed by atoms with Crippen molar-refractivity contribution in [1.82, 2.24) is 4.90 Å². The molecule has 2 aromatic rings. The Balaban J connectivity index is 2.48. The molecule has 0 aromatic heterocycles. The van der Waals surface area contributed by atoms with Crippen LogP contribution in [0.3, 0.4) is 0 Å². The molecule has 0 saturated heterocycles. The Morgan fingerprint density at radius 3 is 2.48 bits per heavy atom. The molecular formula is C19H21ClF3N3O2S. The number of halogens is 4. The molecule has 10 heteroatoms. The highest BCUT2D eigenvalue weighted by Gasteiger charge is 2.45. The molecule has 2 rings (SSSR count). The van der Waals surface area contributed by atoms with Gasteiger partial charge in [0.2, 0.25) is 0 Å². The Morgan fingerprint density at radius 1 is 1.24 bits per heavy atom. The van der Waals surface area contributed by atoms with Crippen molar-refractivity contribution in [1.29, 1.82) is 0 Å². The molecule has 0 aliphatic heterocycles. The number of hydrogen-bond donors (Lipinski definition) is 0. The summed E-state index contributed by atoms with van der Waals surface area (Å²) in [6, 6.07) is 8.35. The van der Waals surface area contributed by atoms with E-state index in [4.69, 9.17) is 16.3 Å². The second kappa shape index (κ2) is 9.04. The summed E-state index contributed by atoms with van der Waals surface area (Å²) in [5, 5.41) is 0.264. The molecule has 0 fully saturated rings. The van der Waals surface area contributed by atoms with E-state index < -0.39 is 20.1 Å². The van der Waals surface area contributed by atoms with Crippen molar-refractivity contribution in [3.05, 3.63) is 47.0 Å². The summed E-state index contributed by atoms with van der Waals surface area (Å²) in [7, 11) is -1.96. The lowest BCUT2D eigenvalue weighted by Gasteiger charge is -2.18. The third-order valence-electron chi connectivity index (χ3n) is 4.08. The first-order valence-electron chi connectivity index (χ1n) is 8.56. The maximum Gasteiger partial charge on any atom is 0.483 e. The van der Waals surface area contributed by atoms with E-state index in [1.807, 2.05) is 18.9 Å². The average molecular weight is 448 g/mol. The fraction of sp³-hybridized carbons (Fsp3) is 0.316. The van der Waals surface area contributed by atoms with E-state index in [2.05, 4.69) is 9.36 Å². The van der Waals surface area contributed by atoms with Gasteiger partial charge in [0.25, 0.3) is 0 Å². The molecule has 1 atom stereocenters. The first-order valence-corrected chi connectivity index (χ1v) is 10.5. The van der Waals surface area contributed by atoms with Crippen molar-refractivity contribution in [3.8, 4) is 11.5 Å². The third kappa shape index (κ3) is 5.02. The number of benzene rings is 2. The third-order valence-corrected chi connectivity index (χ3v) is 6.45. The molecule has 0 amide bonds. The number of rotatable bonds is 6. The minimum Gasteiger partial charge on any atom is -0.456 e. The zero-order valence-corrected chi connectivity index (χ0v) is 17.9. The number of nitrogens with zero attached hydrogens (tertiary/aromatic N) is 3. The first-order chi connectivity index (χ1) is 13.5. The Labute approximate surface area is 173 Å². The summed E-state index contributed by atoms with van der Waals surface area (Å²) in [5.41, 5.74) is -3.95. The van der Waals surface area contributed by atoms with Crippen LogP contribution in [0.25, 0.3) is 0 Å². The summed E-state index contributed by atoms with van der Waals surface area (Å²) in [6.07, 6.45) is 1.62. The topological polar surface area (TPSA) is 54.3 Å². The molecule has 0 aliphatic carbocycles. The Morgan fingerprint density at radius 2 is 1.90 bits per heavy atom. The predicted molar refractivity (Wildman–Crippen MR) is 110 cm³/mol. The van der Waals surface area contributed by atoms with E-state index in [1.54, 1.807) is 19.3 Å². The Kier molecular flexibility index (Phi) is 7.18. The van der Waals surface area contributed by atoms with Gasteiger partial charge in [-0.3, -0.25) is 0 Å². The van der Waals surface area contributed by atoms with Crippen LogP contribution < -0.4 is 4.74 Å². The number of aliphatic imine (C=N–C) groups is 1. The van der Waals surface area contributed by atoms with Gasteiger partial charge in [-0.2, -0.15) is 13.2 Å². The molecule has 0 radical (unpaired) electrons. The van der Waals surface area contributed by atoms with Gasteiger partial charge in [-0.05, 0) is 37.6 Å². The molecular weight excluding hydrogens is 427 g/mol. The smallest absolute Gasteiger partial charge is 0.456 e. The molecule has 0 bridgehead atoms. The van der Waals surface area contributed by atoms with E-state index in [0.29, 0.717) is 11.3 Å². The van der Waals surface area contributed by atoms with Crippen molar-refractivity contribution in [2.45, 2.75) is 24.3 Å². The van der Waals surface area contributed by atoms with Crippen LogP contribution in [-0.2, 0) is 9.73 Å². The zero-order chi connectivity index (χ0) is 21.8. The zero-order valence-electron chi connectivity index (χ0n) is 16.3. The lowest BCUT2D eigenvalue weighted by atomic mass is 10.2. The van der Waals surface area contributed by atoms with Gasteiger partial charge in [0.15, 0.2) is 9.73 Å². The Hall–Kier alpha value is -2.26. The lowest BCUT2D eigenvalue weighted by Crippen LogP contribution is -2.23. The average Bonchev–Trinajstić information content (AvgIpc) is 2.68. The summed E-state index contributed by atoms with van der Waals surface area (Å²) < 4.78 is 61.6. The van der Waals surface area contributed by atoms with E-state index in [9.17, 15) is 17.4 Å². The second-order valence-corrected chi connectivity index (χ2v) is 8.82. The summed E-state index contributed by atoms with van der Waals surface area (Å²) >= 11 is 6.26. The Bertz CT molecular complexity index is 1030. The summed E-state index contributed by atoms with van der Waals surface area (Å²) in [5.74, 6) is 0.0202. The number of hydrogen-bond acceptors (Lipinski definition) is 4. The van der Waals surface area contributed by atoms with Gasteiger partial charge in [-0.25, -0.2) is 13.6 Å². The largest absolute Gasteiger partial charge is 0.483 e. The SMILES string of the molecule is CCN(C)/C=N\c1cc(C)c(Oc2ccccc2S(=O)(=NC)C(F)(F)F)cc1Cl. The van der Waals surface area contributed by atoms with Gasteiger partial charge in [0.05, 0.1) is 21.9 Å². The molecule has 5 nitrogen and oxygen atoms in total. The van der Waals surface area contributed by atoms with Crippen LogP contribution in [0.15, 0.2) is 50.6 Å². The van der Waals surface area contributed by atoms with Crippen LogP contribution in [0, 0.1) is 6.92 Å². The molecule has 0 saturated carbocycles. The fourth-order valence-electron chi connectivity index (χ4n) is 2.31. The van der Waals surface area contributed by atoms with E-state index >= 15 is 0 Å².